The summed E-state index contributed by atoms with van der Waals surface area (Å²) in [5.41, 5.74) is 0.522. The minimum absolute atomic E-state index is 0.0126. The summed E-state index contributed by atoms with van der Waals surface area (Å²) in [7, 11) is 0. The van der Waals surface area contributed by atoms with E-state index in [2.05, 4.69) is 31.4 Å². The van der Waals surface area contributed by atoms with Gasteiger partial charge in [0.2, 0.25) is 5.91 Å². The molecule has 11 heteroatoms. The molecule has 3 aromatic rings. The molecule has 4 aliphatic carbocycles. The molecule has 0 spiro atoms. The fourth-order valence-electron chi connectivity index (χ4n) is 7.40. The molecule has 4 fully saturated rings. The Morgan fingerprint density at radius 2 is 1.92 bits per heavy atom. The van der Waals surface area contributed by atoms with Gasteiger partial charge in [-0.05, 0) is 89.4 Å². The summed E-state index contributed by atoms with van der Waals surface area (Å²) in [6, 6.07) is 6.24. The molecule has 4 saturated carbocycles. The van der Waals surface area contributed by atoms with Crippen molar-refractivity contribution >= 4 is 33.3 Å². The Morgan fingerprint density at radius 3 is 2.58 bits per heavy atom. The smallest absolute Gasteiger partial charge is 0.307 e. The molecule has 36 heavy (non-hydrogen) atoms. The van der Waals surface area contributed by atoms with Crippen LogP contribution in [0.3, 0.4) is 0 Å². The topological polar surface area (TPSA) is 108 Å². The molecule has 4 bridgehead atoms. The number of rotatable bonds is 7. The van der Waals surface area contributed by atoms with Gasteiger partial charge in [-0.25, -0.2) is 4.39 Å². The van der Waals surface area contributed by atoms with Crippen molar-refractivity contribution in [2.24, 2.45) is 17.3 Å². The maximum Gasteiger partial charge on any atom is 0.307 e. The Labute approximate surface area is 215 Å². The first kappa shape index (κ1) is 23.3. The zero-order valence-electron chi connectivity index (χ0n) is 19.6. The van der Waals surface area contributed by atoms with Crippen molar-refractivity contribution in [2.45, 2.75) is 57.0 Å². The molecule has 9 nitrogen and oxygen atoms in total. The number of carbonyl (C=O) groups is 1. The number of hydrogen-bond acceptors (Lipinski definition) is 5. The van der Waals surface area contributed by atoms with Crippen LogP contribution in [0.2, 0.25) is 0 Å². The van der Waals surface area contributed by atoms with Gasteiger partial charge in [0.15, 0.2) is 5.82 Å². The van der Waals surface area contributed by atoms with Gasteiger partial charge in [0.1, 0.15) is 18.2 Å². The SMILES string of the molecule is O=C(CC12CC3CC(C1)CC(n1cc([N+](=O)[O-])cn1)(C3)C2)Nc1nn(Cc2ccc(F)cc2)cc1Br. The second-order valence-corrected chi connectivity index (χ2v) is 11.8. The first-order valence-corrected chi connectivity index (χ1v) is 13.0. The van der Waals surface area contributed by atoms with Gasteiger partial charge in [-0.15, -0.1) is 0 Å². The van der Waals surface area contributed by atoms with Crippen molar-refractivity contribution in [3.8, 4) is 0 Å². The van der Waals surface area contributed by atoms with Gasteiger partial charge >= 0.3 is 5.69 Å². The van der Waals surface area contributed by atoms with E-state index in [0.717, 1.165) is 44.1 Å². The lowest BCUT2D eigenvalue weighted by Gasteiger charge is -2.61. The van der Waals surface area contributed by atoms with Gasteiger partial charge in [-0.2, -0.15) is 10.2 Å². The summed E-state index contributed by atoms with van der Waals surface area (Å²) in [5, 5.41) is 23.1. The van der Waals surface area contributed by atoms with Crippen LogP contribution in [0.4, 0.5) is 15.9 Å². The Bertz CT molecular complexity index is 1320. The molecule has 1 N–H and O–H groups in total. The molecule has 2 aromatic heterocycles. The summed E-state index contributed by atoms with van der Waals surface area (Å²) in [4.78, 5) is 24.1. The lowest BCUT2D eigenvalue weighted by atomic mass is 9.46. The highest BCUT2D eigenvalue weighted by atomic mass is 79.9. The molecule has 4 aliphatic rings. The van der Waals surface area contributed by atoms with E-state index in [1.165, 1.54) is 18.3 Å². The zero-order valence-corrected chi connectivity index (χ0v) is 21.2. The van der Waals surface area contributed by atoms with Crippen LogP contribution in [0, 0.1) is 33.2 Å². The molecule has 0 saturated heterocycles. The fraction of sp³-hybridized carbons (Fsp3) is 0.480. The monoisotopic (exact) mass is 556 g/mol. The number of benzene rings is 1. The van der Waals surface area contributed by atoms with Gasteiger partial charge in [0.25, 0.3) is 0 Å². The summed E-state index contributed by atoms with van der Waals surface area (Å²) < 4.78 is 17.4. The molecule has 2 heterocycles. The molecule has 2 unspecified atom stereocenters. The highest BCUT2D eigenvalue weighted by Crippen LogP contribution is 2.65. The van der Waals surface area contributed by atoms with Crippen LogP contribution >= 0.6 is 15.9 Å². The number of nitrogens with one attached hydrogen (secondary N) is 1. The van der Waals surface area contributed by atoms with E-state index in [0.29, 0.717) is 35.1 Å². The van der Waals surface area contributed by atoms with Crippen molar-refractivity contribution in [1.82, 2.24) is 19.6 Å². The highest BCUT2D eigenvalue weighted by molar-refractivity contribution is 9.10. The third-order valence-corrected chi connectivity index (χ3v) is 8.77. The largest absolute Gasteiger partial charge is 0.308 e. The fourth-order valence-corrected chi connectivity index (χ4v) is 7.82. The van der Waals surface area contributed by atoms with Crippen LogP contribution < -0.4 is 5.32 Å². The molecule has 1 aromatic carbocycles. The minimum atomic E-state index is -0.402. The lowest BCUT2D eigenvalue weighted by Crippen LogP contribution is -2.57. The Balaban J connectivity index is 1.17. The quantitative estimate of drug-likeness (QED) is 0.315. The van der Waals surface area contributed by atoms with Crippen LogP contribution in [0.25, 0.3) is 0 Å². The predicted molar refractivity (Wildman–Crippen MR) is 133 cm³/mol. The zero-order chi connectivity index (χ0) is 25.1. The van der Waals surface area contributed by atoms with Crippen LogP contribution in [0.1, 0.15) is 50.5 Å². The Hall–Kier alpha value is -3.08. The van der Waals surface area contributed by atoms with Gasteiger partial charge in [-0.3, -0.25) is 24.3 Å². The van der Waals surface area contributed by atoms with Gasteiger partial charge < -0.3 is 5.32 Å². The van der Waals surface area contributed by atoms with Crippen molar-refractivity contribution in [3.05, 3.63) is 68.8 Å². The number of amides is 1. The van der Waals surface area contributed by atoms with Crippen LogP contribution in [0.15, 0.2) is 47.3 Å². The van der Waals surface area contributed by atoms with Crippen LogP contribution in [-0.2, 0) is 16.9 Å². The van der Waals surface area contributed by atoms with Crippen LogP contribution in [-0.4, -0.2) is 30.4 Å². The second kappa shape index (κ2) is 8.50. The number of anilines is 1. The molecule has 0 aliphatic heterocycles. The summed E-state index contributed by atoms with van der Waals surface area (Å²) in [6.45, 7) is 0.459. The average molecular weight is 557 g/mol. The molecule has 188 valence electrons. The van der Waals surface area contributed by atoms with E-state index in [1.54, 1.807) is 29.2 Å². The predicted octanol–water partition coefficient (Wildman–Crippen LogP) is 5.26. The number of halogens is 2. The van der Waals surface area contributed by atoms with Crippen molar-refractivity contribution in [1.29, 1.82) is 0 Å². The molecule has 7 rings (SSSR count). The summed E-state index contributed by atoms with van der Waals surface area (Å²) >= 11 is 3.49. The van der Waals surface area contributed by atoms with Gasteiger partial charge in [0.05, 0.1) is 21.5 Å². The van der Waals surface area contributed by atoms with E-state index in [4.69, 9.17) is 0 Å². The number of nitro groups is 1. The van der Waals surface area contributed by atoms with Gasteiger partial charge in [0, 0.05) is 12.6 Å². The van der Waals surface area contributed by atoms with E-state index in [9.17, 15) is 19.3 Å². The average Bonchev–Trinajstić information content (AvgIpc) is 3.42. The van der Waals surface area contributed by atoms with Gasteiger partial charge in [-0.1, -0.05) is 12.1 Å². The molecule has 2 atom stereocenters. The molecular formula is C25H26BrFN6O3. The van der Waals surface area contributed by atoms with E-state index in [1.807, 2.05) is 4.68 Å². The van der Waals surface area contributed by atoms with Crippen molar-refractivity contribution in [3.63, 3.8) is 0 Å². The Morgan fingerprint density at radius 1 is 1.19 bits per heavy atom. The number of carbonyl (C=O) groups excluding carboxylic acids is 1. The molecule has 0 radical (unpaired) electrons. The van der Waals surface area contributed by atoms with Crippen LogP contribution in [0.5, 0.6) is 0 Å². The first-order chi connectivity index (χ1) is 17.2. The van der Waals surface area contributed by atoms with E-state index in [-0.39, 0.29) is 28.4 Å². The maximum atomic E-state index is 13.3. The maximum absolute atomic E-state index is 13.3. The molecule has 1 amide bonds. The third-order valence-electron chi connectivity index (χ3n) is 8.19. The number of aromatic nitrogens is 4. The number of hydrogen-bond donors (Lipinski definition) is 1. The highest BCUT2D eigenvalue weighted by Gasteiger charge is 2.59. The second-order valence-electron chi connectivity index (χ2n) is 11.0. The molecular weight excluding hydrogens is 531 g/mol. The number of nitrogens with zero attached hydrogens (tertiary/aromatic N) is 5. The first-order valence-electron chi connectivity index (χ1n) is 12.2. The summed E-state index contributed by atoms with van der Waals surface area (Å²) in [5.74, 6) is 1.11. The van der Waals surface area contributed by atoms with Crippen molar-refractivity contribution in [2.75, 3.05) is 5.32 Å². The normalized spacial score (nSPS) is 28.4. The van der Waals surface area contributed by atoms with Crippen molar-refractivity contribution < 1.29 is 14.1 Å². The summed E-state index contributed by atoms with van der Waals surface area (Å²) in [6.07, 6.45) is 11.0. The van der Waals surface area contributed by atoms with E-state index >= 15 is 0 Å². The standard InChI is InChI=1S/C25H26BrFN6O3/c26-21-14-31(12-16-1-3-19(27)4-2-16)30-23(21)29-22(34)10-24-6-17-5-18(7-24)9-25(8-17,15-24)32-13-20(11-28-32)33(35)36/h1-4,11,13-14,17-18H,5-10,12,15H2,(H,29,30,34). The van der Waals surface area contributed by atoms with E-state index < -0.39 is 4.92 Å². The third kappa shape index (κ3) is 4.23. The minimum Gasteiger partial charge on any atom is -0.308 e. The Kier molecular flexibility index (Phi) is 5.51. The lowest BCUT2D eigenvalue weighted by molar-refractivity contribution is -0.385.